The first kappa shape index (κ1) is 20.7. The van der Waals surface area contributed by atoms with Crippen LogP contribution in [0.25, 0.3) is 0 Å². The van der Waals surface area contributed by atoms with Crippen molar-refractivity contribution in [3.63, 3.8) is 0 Å². The van der Waals surface area contributed by atoms with Crippen molar-refractivity contribution >= 4 is 46.6 Å². The van der Waals surface area contributed by atoms with E-state index in [0.717, 1.165) is 11.3 Å². The fourth-order valence-electron chi connectivity index (χ4n) is 2.12. The maximum Gasteiger partial charge on any atom is 0.269 e. The number of hydrogen-bond donors (Lipinski definition) is 2. The summed E-state index contributed by atoms with van der Waals surface area (Å²) in [5, 5.41) is 16.3. The van der Waals surface area contributed by atoms with E-state index in [9.17, 15) is 19.7 Å². The molecule has 0 unspecified atom stereocenters. The number of non-ortho nitro benzene ring substituents is 1. The standard InChI is InChI=1S/C18H18ClN3O4S/c1-2-9-20-18(24)15-8-3-12(10-16(15)19)21-17(23)11-27-14-6-4-13(5-7-14)22(25)26/h3-8,10H,2,9,11H2,1H3,(H,20,24)(H,21,23). The second-order valence-electron chi connectivity index (χ2n) is 5.54. The van der Waals surface area contributed by atoms with E-state index in [1.54, 1.807) is 24.3 Å². The zero-order valence-electron chi connectivity index (χ0n) is 14.5. The van der Waals surface area contributed by atoms with Crippen molar-refractivity contribution in [1.82, 2.24) is 5.32 Å². The van der Waals surface area contributed by atoms with E-state index in [4.69, 9.17) is 11.6 Å². The van der Waals surface area contributed by atoms with Crippen LogP contribution in [-0.2, 0) is 4.79 Å². The van der Waals surface area contributed by atoms with Crippen LogP contribution in [0.1, 0.15) is 23.7 Å². The largest absolute Gasteiger partial charge is 0.352 e. The Morgan fingerprint density at radius 2 is 1.89 bits per heavy atom. The Hall–Kier alpha value is -2.58. The molecule has 0 aromatic heterocycles. The van der Waals surface area contributed by atoms with Crippen LogP contribution in [0.5, 0.6) is 0 Å². The first-order valence-corrected chi connectivity index (χ1v) is 9.52. The molecule has 0 saturated carbocycles. The van der Waals surface area contributed by atoms with Crippen LogP contribution in [-0.4, -0.2) is 29.0 Å². The van der Waals surface area contributed by atoms with E-state index in [-0.39, 0.29) is 28.3 Å². The Balaban J connectivity index is 1.90. The highest BCUT2D eigenvalue weighted by Gasteiger charge is 2.12. The minimum atomic E-state index is -0.475. The highest BCUT2D eigenvalue weighted by atomic mass is 35.5. The molecule has 0 aliphatic heterocycles. The molecule has 0 atom stereocenters. The summed E-state index contributed by atoms with van der Waals surface area (Å²) in [5.74, 6) is -0.375. The third-order valence-electron chi connectivity index (χ3n) is 3.45. The SMILES string of the molecule is CCCNC(=O)c1ccc(NC(=O)CSc2ccc([N+](=O)[O-])cc2)cc1Cl. The molecule has 0 heterocycles. The van der Waals surface area contributed by atoms with Crippen LogP contribution in [0.2, 0.25) is 5.02 Å². The van der Waals surface area contributed by atoms with Crippen LogP contribution >= 0.6 is 23.4 Å². The lowest BCUT2D eigenvalue weighted by Crippen LogP contribution is -2.24. The lowest BCUT2D eigenvalue weighted by Gasteiger charge is -2.09. The average molecular weight is 408 g/mol. The van der Waals surface area contributed by atoms with Gasteiger partial charge in [0.1, 0.15) is 0 Å². The van der Waals surface area contributed by atoms with E-state index in [2.05, 4.69) is 10.6 Å². The number of amides is 2. The molecule has 9 heteroatoms. The monoisotopic (exact) mass is 407 g/mol. The van der Waals surface area contributed by atoms with Gasteiger partial charge in [0.05, 0.1) is 21.3 Å². The Labute approximate surface area is 165 Å². The zero-order chi connectivity index (χ0) is 19.8. The molecule has 7 nitrogen and oxygen atoms in total. The van der Waals surface area contributed by atoms with Gasteiger partial charge in [-0.25, -0.2) is 0 Å². The fraction of sp³-hybridized carbons (Fsp3) is 0.222. The minimum absolute atomic E-state index is 0.00140. The van der Waals surface area contributed by atoms with Crippen molar-refractivity contribution in [2.45, 2.75) is 18.2 Å². The number of hydrogen-bond acceptors (Lipinski definition) is 5. The Morgan fingerprint density at radius 3 is 2.48 bits per heavy atom. The number of anilines is 1. The van der Waals surface area contributed by atoms with Crippen molar-refractivity contribution in [2.24, 2.45) is 0 Å². The summed E-state index contributed by atoms with van der Waals surface area (Å²) in [6.45, 7) is 2.52. The third-order valence-corrected chi connectivity index (χ3v) is 4.78. The summed E-state index contributed by atoms with van der Waals surface area (Å²) < 4.78 is 0. The summed E-state index contributed by atoms with van der Waals surface area (Å²) in [7, 11) is 0. The maximum absolute atomic E-state index is 12.1. The lowest BCUT2D eigenvalue weighted by molar-refractivity contribution is -0.384. The number of nitro groups is 1. The van der Waals surface area contributed by atoms with Crippen molar-refractivity contribution in [3.05, 3.63) is 63.2 Å². The molecular formula is C18H18ClN3O4S. The highest BCUT2D eigenvalue weighted by molar-refractivity contribution is 8.00. The maximum atomic E-state index is 12.1. The molecule has 2 aromatic rings. The van der Waals surface area contributed by atoms with Gasteiger partial charge in [-0.2, -0.15) is 0 Å². The Kier molecular flexibility index (Phi) is 7.63. The van der Waals surface area contributed by atoms with E-state index in [1.807, 2.05) is 6.92 Å². The highest BCUT2D eigenvalue weighted by Crippen LogP contribution is 2.23. The molecule has 142 valence electrons. The molecule has 0 aliphatic carbocycles. The van der Waals surface area contributed by atoms with Gasteiger partial charge in [-0.3, -0.25) is 19.7 Å². The smallest absolute Gasteiger partial charge is 0.269 e. The van der Waals surface area contributed by atoms with Gasteiger partial charge in [0.2, 0.25) is 5.91 Å². The van der Waals surface area contributed by atoms with Gasteiger partial charge in [0, 0.05) is 29.3 Å². The van der Waals surface area contributed by atoms with Gasteiger partial charge in [-0.15, -0.1) is 11.8 Å². The molecule has 2 N–H and O–H groups in total. The van der Waals surface area contributed by atoms with Crippen LogP contribution in [0.3, 0.4) is 0 Å². The van der Waals surface area contributed by atoms with Crippen LogP contribution < -0.4 is 10.6 Å². The fourth-order valence-corrected chi connectivity index (χ4v) is 3.09. The van der Waals surface area contributed by atoms with E-state index >= 15 is 0 Å². The molecule has 2 rings (SSSR count). The van der Waals surface area contributed by atoms with Gasteiger partial charge >= 0.3 is 0 Å². The number of benzene rings is 2. The van der Waals surface area contributed by atoms with Gasteiger partial charge < -0.3 is 10.6 Å². The molecule has 0 spiro atoms. The van der Waals surface area contributed by atoms with Crippen molar-refractivity contribution in [3.8, 4) is 0 Å². The van der Waals surface area contributed by atoms with Gasteiger partial charge in [0.25, 0.3) is 11.6 Å². The number of carbonyl (C=O) groups is 2. The van der Waals surface area contributed by atoms with Crippen molar-refractivity contribution < 1.29 is 14.5 Å². The first-order valence-electron chi connectivity index (χ1n) is 8.15. The molecule has 0 fully saturated rings. The van der Waals surface area contributed by atoms with Gasteiger partial charge in [-0.1, -0.05) is 18.5 Å². The van der Waals surface area contributed by atoms with Crippen LogP contribution in [0.15, 0.2) is 47.4 Å². The lowest BCUT2D eigenvalue weighted by atomic mass is 10.2. The summed E-state index contributed by atoms with van der Waals surface area (Å²) >= 11 is 7.39. The molecule has 27 heavy (non-hydrogen) atoms. The number of rotatable bonds is 8. The number of thioether (sulfide) groups is 1. The van der Waals surface area contributed by atoms with E-state index in [0.29, 0.717) is 17.8 Å². The predicted octanol–water partition coefficient (Wildman–Crippen LogP) is 4.12. The summed E-state index contributed by atoms with van der Waals surface area (Å²) in [6, 6.07) is 10.7. The second-order valence-corrected chi connectivity index (χ2v) is 6.99. The quantitative estimate of drug-likeness (QED) is 0.389. The molecule has 0 radical (unpaired) electrons. The molecule has 2 aromatic carbocycles. The van der Waals surface area contributed by atoms with Crippen LogP contribution in [0.4, 0.5) is 11.4 Å². The number of nitrogens with one attached hydrogen (secondary N) is 2. The van der Waals surface area contributed by atoms with Crippen molar-refractivity contribution in [2.75, 3.05) is 17.6 Å². The first-order chi connectivity index (χ1) is 12.9. The molecule has 2 amide bonds. The summed E-state index contributed by atoms with van der Waals surface area (Å²) in [4.78, 5) is 34.9. The summed E-state index contributed by atoms with van der Waals surface area (Å²) in [6.07, 6.45) is 0.823. The second kappa shape index (κ2) is 9.94. The van der Waals surface area contributed by atoms with E-state index in [1.165, 1.54) is 30.0 Å². The van der Waals surface area contributed by atoms with E-state index < -0.39 is 4.92 Å². The van der Waals surface area contributed by atoms with Crippen LogP contribution in [0, 0.1) is 10.1 Å². The normalized spacial score (nSPS) is 10.3. The molecule has 0 saturated heterocycles. The topological polar surface area (TPSA) is 101 Å². The summed E-state index contributed by atoms with van der Waals surface area (Å²) in [5.41, 5.74) is 0.839. The molecule has 0 bridgehead atoms. The Bertz CT molecular complexity index is 843. The molecule has 0 aliphatic rings. The molecular weight excluding hydrogens is 390 g/mol. The minimum Gasteiger partial charge on any atom is -0.352 e. The average Bonchev–Trinajstić information content (AvgIpc) is 2.65. The third kappa shape index (κ3) is 6.26. The number of nitro benzene ring substituents is 1. The zero-order valence-corrected chi connectivity index (χ0v) is 16.1. The number of halogens is 1. The number of nitrogens with zero attached hydrogens (tertiary/aromatic N) is 1. The number of carbonyl (C=O) groups excluding carboxylic acids is 2. The Morgan fingerprint density at radius 1 is 1.19 bits per heavy atom. The predicted molar refractivity (Wildman–Crippen MR) is 107 cm³/mol. The van der Waals surface area contributed by atoms with Gasteiger partial charge in [0.15, 0.2) is 0 Å². The van der Waals surface area contributed by atoms with Crippen molar-refractivity contribution in [1.29, 1.82) is 0 Å². The van der Waals surface area contributed by atoms with Gasteiger partial charge in [-0.05, 0) is 36.8 Å².